The summed E-state index contributed by atoms with van der Waals surface area (Å²) in [6.45, 7) is 0. The molecule has 1 heterocycles. The van der Waals surface area contributed by atoms with Gasteiger partial charge in [-0.05, 0) is 30.6 Å². The van der Waals surface area contributed by atoms with Crippen LogP contribution in [0.15, 0.2) is 24.5 Å². The third-order valence-electron chi connectivity index (χ3n) is 2.18. The lowest BCUT2D eigenvalue weighted by molar-refractivity contribution is -0.119. The zero-order valence-corrected chi connectivity index (χ0v) is 10.4. The zero-order valence-electron chi connectivity index (χ0n) is 9.55. The normalized spacial score (nSPS) is 11.8. The third-order valence-corrected chi connectivity index (χ3v) is 2.83. The van der Waals surface area contributed by atoms with Crippen LogP contribution >= 0.6 is 11.8 Å². The largest absolute Gasteiger partial charge is 0.368 e. The summed E-state index contributed by atoms with van der Waals surface area (Å²) in [6.07, 6.45) is 5.49. The fraction of sp³-hybridized carbons (Fsp3) is 0.364. The van der Waals surface area contributed by atoms with E-state index in [9.17, 15) is 9.59 Å². The van der Waals surface area contributed by atoms with Crippen molar-refractivity contribution < 1.29 is 9.59 Å². The van der Waals surface area contributed by atoms with Gasteiger partial charge in [-0.15, -0.1) is 0 Å². The minimum absolute atomic E-state index is 0.331. The van der Waals surface area contributed by atoms with Gasteiger partial charge in [-0.1, -0.05) is 0 Å². The van der Waals surface area contributed by atoms with Crippen molar-refractivity contribution in [1.29, 1.82) is 0 Å². The van der Waals surface area contributed by atoms with Crippen LogP contribution in [0, 0.1) is 0 Å². The second kappa shape index (κ2) is 6.90. The standard InChI is InChI=1S/C11H15N3O2S/c1-17-6-4-9(10(12)15)14-11(16)8-3-2-5-13-7-8/h2-3,5,7,9H,4,6H2,1H3,(H2,12,15)(H,14,16)/t9-/m0/s1. The molecule has 0 unspecified atom stereocenters. The first-order valence-electron chi connectivity index (χ1n) is 5.14. The molecule has 3 N–H and O–H groups in total. The van der Waals surface area contributed by atoms with Crippen molar-refractivity contribution in [2.24, 2.45) is 5.73 Å². The Morgan fingerprint density at radius 3 is 2.88 bits per heavy atom. The number of carbonyl (C=O) groups is 2. The van der Waals surface area contributed by atoms with Gasteiger partial charge in [-0.25, -0.2) is 0 Å². The highest BCUT2D eigenvalue weighted by Crippen LogP contribution is 2.02. The van der Waals surface area contributed by atoms with E-state index in [2.05, 4.69) is 10.3 Å². The van der Waals surface area contributed by atoms with Crippen LogP contribution in [0.2, 0.25) is 0 Å². The number of hydrogen-bond acceptors (Lipinski definition) is 4. The second-order valence-corrected chi connectivity index (χ2v) is 4.44. The quantitative estimate of drug-likeness (QED) is 0.769. The van der Waals surface area contributed by atoms with Crippen molar-refractivity contribution in [2.45, 2.75) is 12.5 Å². The summed E-state index contributed by atoms with van der Waals surface area (Å²) in [5, 5.41) is 2.60. The van der Waals surface area contributed by atoms with E-state index in [1.807, 2.05) is 6.26 Å². The Labute approximate surface area is 104 Å². The fourth-order valence-electron chi connectivity index (χ4n) is 1.26. The van der Waals surface area contributed by atoms with Gasteiger partial charge in [0.2, 0.25) is 5.91 Å². The van der Waals surface area contributed by atoms with Crippen molar-refractivity contribution in [3.05, 3.63) is 30.1 Å². The summed E-state index contributed by atoms with van der Waals surface area (Å²) in [7, 11) is 0. The zero-order chi connectivity index (χ0) is 12.7. The molecular formula is C11H15N3O2S. The highest BCUT2D eigenvalue weighted by atomic mass is 32.2. The molecule has 0 aromatic carbocycles. The number of nitrogens with one attached hydrogen (secondary N) is 1. The molecule has 0 aliphatic carbocycles. The topological polar surface area (TPSA) is 85.1 Å². The highest BCUT2D eigenvalue weighted by molar-refractivity contribution is 7.98. The Kier molecular flexibility index (Phi) is 5.48. The molecule has 1 atom stereocenters. The number of carbonyl (C=O) groups excluding carboxylic acids is 2. The smallest absolute Gasteiger partial charge is 0.253 e. The van der Waals surface area contributed by atoms with Crippen LogP contribution in [-0.4, -0.2) is 34.8 Å². The van der Waals surface area contributed by atoms with Crippen LogP contribution in [0.1, 0.15) is 16.8 Å². The predicted octanol–water partition coefficient (Wildman–Crippen LogP) is 0.418. The van der Waals surface area contributed by atoms with Crippen molar-refractivity contribution in [3.63, 3.8) is 0 Å². The van der Waals surface area contributed by atoms with Crippen molar-refractivity contribution in [2.75, 3.05) is 12.0 Å². The fourth-order valence-corrected chi connectivity index (χ4v) is 1.73. The van der Waals surface area contributed by atoms with Gasteiger partial charge in [0.1, 0.15) is 6.04 Å². The minimum atomic E-state index is -0.629. The van der Waals surface area contributed by atoms with Crippen LogP contribution < -0.4 is 11.1 Å². The molecule has 1 rings (SSSR count). The monoisotopic (exact) mass is 253 g/mol. The molecule has 6 heteroatoms. The number of nitrogens with two attached hydrogens (primary N) is 1. The van der Waals surface area contributed by atoms with Gasteiger partial charge in [0.15, 0.2) is 0 Å². The van der Waals surface area contributed by atoms with Gasteiger partial charge in [0, 0.05) is 12.4 Å². The Balaban J connectivity index is 2.61. The lowest BCUT2D eigenvalue weighted by atomic mass is 10.2. The maximum atomic E-state index is 11.8. The molecule has 1 aromatic rings. The number of hydrogen-bond donors (Lipinski definition) is 2. The van der Waals surface area contributed by atoms with Gasteiger partial charge in [0.05, 0.1) is 5.56 Å². The maximum Gasteiger partial charge on any atom is 0.253 e. The number of aromatic nitrogens is 1. The molecule has 0 aliphatic rings. The highest BCUT2D eigenvalue weighted by Gasteiger charge is 2.18. The van der Waals surface area contributed by atoms with E-state index in [1.54, 1.807) is 30.1 Å². The predicted molar refractivity (Wildman–Crippen MR) is 67.7 cm³/mol. The van der Waals surface area contributed by atoms with Gasteiger partial charge < -0.3 is 11.1 Å². The molecule has 0 spiro atoms. The SMILES string of the molecule is CSCC[C@H](NC(=O)c1cccnc1)C(N)=O. The molecule has 0 aliphatic heterocycles. The van der Waals surface area contributed by atoms with Crippen LogP contribution in [0.4, 0.5) is 0 Å². The van der Waals surface area contributed by atoms with E-state index in [-0.39, 0.29) is 5.91 Å². The lowest BCUT2D eigenvalue weighted by Crippen LogP contribution is -2.44. The van der Waals surface area contributed by atoms with Gasteiger partial charge in [-0.3, -0.25) is 14.6 Å². The molecule has 1 aromatic heterocycles. The molecule has 5 nitrogen and oxygen atoms in total. The molecule has 0 saturated heterocycles. The van der Waals surface area contributed by atoms with E-state index in [1.165, 1.54) is 6.20 Å². The summed E-state index contributed by atoms with van der Waals surface area (Å²) in [5.41, 5.74) is 5.64. The van der Waals surface area contributed by atoms with E-state index in [0.717, 1.165) is 5.75 Å². The van der Waals surface area contributed by atoms with Crippen molar-refractivity contribution in [1.82, 2.24) is 10.3 Å². The van der Waals surface area contributed by atoms with E-state index in [4.69, 9.17) is 5.73 Å². The third kappa shape index (κ3) is 4.44. The first-order valence-corrected chi connectivity index (χ1v) is 6.53. The Morgan fingerprint density at radius 1 is 1.59 bits per heavy atom. The number of primary amides is 1. The maximum absolute atomic E-state index is 11.8. The van der Waals surface area contributed by atoms with Crippen LogP contribution in [0.3, 0.4) is 0 Å². The summed E-state index contributed by atoms with van der Waals surface area (Å²) < 4.78 is 0. The van der Waals surface area contributed by atoms with Crippen molar-refractivity contribution in [3.8, 4) is 0 Å². The molecule has 92 valence electrons. The molecule has 0 fully saturated rings. The second-order valence-electron chi connectivity index (χ2n) is 3.45. The van der Waals surface area contributed by atoms with E-state index >= 15 is 0 Å². The molecular weight excluding hydrogens is 238 g/mol. The number of rotatable bonds is 6. The summed E-state index contributed by atoms with van der Waals surface area (Å²) in [6, 6.07) is 2.67. The van der Waals surface area contributed by atoms with Gasteiger partial charge in [-0.2, -0.15) is 11.8 Å². The molecule has 2 amide bonds. The van der Waals surface area contributed by atoms with Crippen LogP contribution in [-0.2, 0) is 4.79 Å². The number of pyridine rings is 1. The summed E-state index contributed by atoms with van der Waals surface area (Å²) in [4.78, 5) is 26.8. The summed E-state index contributed by atoms with van der Waals surface area (Å²) in [5.74, 6) is -0.0831. The van der Waals surface area contributed by atoms with Gasteiger partial charge in [0.25, 0.3) is 5.91 Å². The molecule has 17 heavy (non-hydrogen) atoms. The lowest BCUT2D eigenvalue weighted by Gasteiger charge is -2.14. The Morgan fingerprint density at radius 2 is 2.35 bits per heavy atom. The molecule has 0 bridgehead atoms. The summed E-state index contributed by atoms with van der Waals surface area (Å²) >= 11 is 1.60. The van der Waals surface area contributed by atoms with E-state index in [0.29, 0.717) is 12.0 Å². The Hall–Kier alpha value is -1.56. The number of nitrogens with zero attached hydrogens (tertiary/aromatic N) is 1. The Bertz CT molecular complexity index is 384. The van der Waals surface area contributed by atoms with E-state index < -0.39 is 11.9 Å². The number of thioether (sulfide) groups is 1. The van der Waals surface area contributed by atoms with Gasteiger partial charge >= 0.3 is 0 Å². The molecule has 0 saturated carbocycles. The first kappa shape index (κ1) is 13.5. The average Bonchev–Trinajstić information content (AvgIpc) is 2.35. The minimum Gasteiger partial charge on any atom is -0.368 e. The van der Waals surface area contributed by atoms with Crippen molar-refractivity contribution >= 4 is 23.6 Å². The van der Waals surface area contributed by atoms with Crippen LogP contribution in [0.25, 0.3) is 0 Å². The first-order chi connectivity index (χ1) is 8.15. The van der Waals surface area contributed by atoms with Crippen LogP contribution in [0.5, 0.6) is 0 Å². The average molecular weight is 253 g/mol. The number of amides is 2. The molecule has 0 radical (unpaired) electrons.